The molecule has 0 atom stereocenters. The van der Waals surface area contributed by atoms with Gasteiger partial charge in [0, 0.05) is 6.07 Å². The predicted molar refractivity (Wildman–Crippen MR) is 86.7 cm³/mol. The second kappa shape index (κ2) is 7.88. The van der Waals surface area contributed by atoms with Gasteiger partial charge in [-0.05, 0) is 29.8 Å². The highest BCUT2D eigenvalue weighted by Gasteiger charge is 2.06. The van der Waals surface area contributed by atoms with E-state index in [1.807, 2.05) is 0 Å². The van der Waals surface area contributed by atoms with Gasteiger partial charge in [0.1, 0.15) is 17.8 Å². The first-order chi connectivity index (χ1) is 11.5. The number of aromatic nitrogens is 1. The molecule has 0 spiro atoms. The summed E-state index contributed by atoms with van der Waals surface area (Å²) in [4.78, 5) is 24.2. The minimum atomic E-state index is -1.10. The van der Waals surface area contributed by atoms with Crippen LogP contribution in [0.2, 0.25) is 5.02 Å². The molecule has 0 saturated heterocycles. The zero-order valence-corrected chi connectivity index (χ0v) is 12.8. The van der Waals surface area contributed by atoms with Crippen molar-refractivity contribution < 1.29 is 19.6 Å². The number of hydrogen-bond acceptors (Lipinski definition) is 7. The molecule has 2 N–H and O–H groups in total. The summed E-state index contributed by atoms with van der Waals surface area (Å²) >= 11 is 5.98. The van der Waals surface area contributed by atoms with Crippen LogP contribution in [0.3, 0.4) is 0 Å². The first kappa shape index (κ1) is 17.2. The number of nitrogens with one attached hydrogen (secondary N) is 1. The van der Waals surface area contributed by atoms with Crippen molar-refractivity contribution in [3.05, 3.63) is 57.2 Å². The van der Waals surface area contributed by atoms with Gasteiger partial charge < -0.3 is 9.84 Å². The summed E-state index contributed by atoms with van der Waals surface area (Å²) in [5.74, 6) is -0.512. The highest BCUT2D eigenvalue weighted by Crippen LogP contribution is 2.24. The largest absolute Gasteiger partial charge is 0.480 e. The minimum Gasteiger partial charge on any atom is -0.480 e. The van der Waals surface area contributed by atoms with E-state index in [4.69, 9.17) is 21.4 Å². The van der Waals surface area contributed by atoms with Crippen LogP contribution in [0.25, 0.3) is 0 Å². The number of nitro groups is 1. The van der Waals surface area contributed by atoms with E-state index in [2.05, 4.69) is 15.5 Å². The third-order valence-electron chi connectivity index (χ3n) is 2.66. The van der Waals surface area contributed by atoms with Crippen LogP contribution in [-0.4, -0.2) is 33.8 Å². The molecule has 2 rings (SSSR count). The van der Waals surface area contributed by atoms with E-state index in [1.165, 1.54) is 24.4 Å². The topological polar surface area (TPSA) is 127 Å². The summed E-state index contributed by atoms with van der Waals surface area (Å²) in [5, 5.41) is 23.2. The Morgan fingerprint density at radius 2 is 2.25 bits per heavy atom. The van der Waals surface area contributed by atoms with Crippen LogP contribution >= 0.6 is 11.6 Å². The van der Waals surface area contributed by atoms with Crippen LogP contribution in [0.15, 0.2) is 41.6 Å². The molecule has 10 heteroatoms. The molecule has 0 unspecified atom stereocenters. The maximum Gasteiger partial charge on any atom is 0.341 e. The molecular weight excluding hydrogens is 340 g/mol. The van der Waals surface area contributed by atoms with Gasteiger partial charge in [0.2, 0.25) is 0 Å². The minimum absolute atomic E-state index is 0.117. The lowest BCUT2D eigenvalue weighted by atomic mass is 10.2. The third-order valence-corrected chi connectivity index (χ3v) is 2.95. The van der Waals surface area contributed by atoms with E-state index in [0.29, 0.717) is 11.4 Å². The number of pyridine rings is 1. The zero-order chi connectivity index (χ0) is 17.5. The Balaban J connectivity index is 1.97. The molecule has 0 bridgehead atoms. The number of carbonyl (C=O) groups is 1. The predicted octanol–water partition coefficient (Wildman–Crippen LogP) is 2.55. The molecule has 9 nitrogen and oxygen atoms in total. The molecule has 0 radical (unpaired) electrons. The third kappa shape index (κ3) is 4.92. The van der Waals surface area contributed by atoms with Crippen molar-refractivity contribution in [2.75, 3.05) is 12.0 Å². The van der Waals surface area contributed by atoms with E-state index >= 15 is 0 Å². The van der Waals surface area contributed by atoms with Crippen LogP contribution in [-0.2, 0) is 4.79 Å². The molecule has 124 valence electrons. The molecule has 0 fully saturated rings. The van der Waals surface area contributed by atoms with Gasteiger partial charge in [-0.15, -0.1) is 0 Å². The van der Waals surface area contributed by atoms with Crippen LogP contribution in [0.4, 0.5) is 11.5 Å². The average molecular weight is 351 g/mol. The smallest absolute Gasteiger partial charge is 0.341 e. The highest BCUT2D eigenvalue weighted by molar-refractivity contribution is 6.32. The summed E-state index contributed by atoms with van der Waals surface area (Å²) in [6, 6.07) is 7.43. The number of hydrazone groups is 1. The Kier molecular flexibility index (Phi) is 5.63. The molecule has 1 aromatic heterocycles. The van der Waals surface area contributed by atoms with Crippen LogP contribution in [0, 0.1) is 10.1 Å². The number of anilines is 1. The summed E-state index contributed by atoms with van der Waals surface area (Å²) in [7, 11) is 0. The molecule has 0 aliphatic rings. The van der Waals surface area contributed by atoms with Crippen LogP contribution < -0.4 is 10.2 Å². The lowest BCUT2D eigenvalue weighted by Crippen LogP contribution is -2.09. The van der Waals surface area contributed by atoms with Crippen LogP contribution in [0.5, 0.6) is 5.75 Å². The lowest BCUT2D eigenvalue weighted by molar-refractivity contribution is -0.385. The van der Waals surface area contributed by atoms with Crippen LogP contribution in [0.1, 0.15) is 5.56 Å². The summed E-state index contributed by atoms with van der Waals surface area (Å²) in [6.07, 6.45) is 2.57. The van der Waals surface area contributed by atoms with Crippen molar-refractivity contribution in [1.29, 1.82) is 0 Å². The Bertz CT molecular complexity index is 779. The maximum absolute atomic E-state index is 10.5. The van der Waals surface area contributed by atoms with E-state index < -0.39 is 17.5 Å². The van der Waals surface area contributed by atoms with E-state index in [0.717, 1.165) is 6.20 Å². The van der Waals surface area contributed by atoms with Gasteiger partial charge in [0.05, 0.1) is 16.2 Å². The van der Waals surface area contributed by atoms with Crippen molar-refractivity contribution in [2.24, 2.45) is 5.10 Å². The Morgan fingerprint density at radius 3 is 2.83 bits per heavy atom. The Labute approximate surface area is 140 Å². The number of nitrogens with zero attached hydrogens (tertiary/aromatic N) is 3. The van der Waals surface area contributed by atoms with Gasteiger partial charge >= 0.3 is 5.97 Å². The number of rotatable bonds is 7. The first-order valence-corrected chi connectivity index (χ1v) is 6.87. The molecular formula is C14H11ClN4O5. The summed E-state index contributed by atoms with van der Waals surface area (Å²) in [6.45, 7) is -0.486. The quantitative estimate of drug-likeness (QED) is 0.446. The highest BCUT2D eigenvalue weighted by atomic mass is 35.5. The summed E-state index contributed by atoms with van der Waals surface area (Å²) < 4.78 is 5.00. The molecule has 0 amide bonds. The number of carboxylic acid groups (broad SMARTS) is 1. The second-order valence-corrected chi connectivity index (χ2v) is 4.81. The molecule has 0 aliphatic heterocycles. The SMILES string of the molecule is O=C(O)COc1ccc(/C=N\Nc2ccc([N+](=O)[O-])cn2)cc1Cl. The fraction of sp³-hybridized carbons (Fsp3) is 0.0714. The maximum atomic E-state index is 10.5. The zero-order valence-electron chi connectivity index (χ0n) is 12.0. The Hall–Kier alpha value is -3.20. The fourth-order valence-corrected chi connectivity index (χ4v) is 1.83. The van der Waals surface area contributed by atoms with E-state index in [9.17, 15) is 14.9 Å². The van der Waals surface area contributed by atoms with Crippen molar-refractivity contribution >= 4 is 35.3 Å². The van der Waals surface area contributed by atoms with Gasteiger partial charge in [0.25, 0.3) is 5.69 Å². The average Bonchev–Trinajstić information content (AvgIpc) is 2.54. The van der Waals surface area contributed by atoms with Gasteiger partial charge in [-0.2, -0.15) is 5.10 Å². The van der Waals surface area contributed by atoms with Gasteiger partial charge in [0.15, 0.2) is 6.61 Å². The van der Waals surface area contributed by atoms with Crippen molar-refractivity contribution in [2.45, 2.75) is 0 Å². The monoisotopic (exact) mass is 350 g/mol. The molecule has 0 saturated carbocycles. The van der Waals surface area contributed by atoms with Gasteiger partial charge in [-0.25, -0.2) is 9.78 Å². The standard InChI is InChI=1S/C14H11ClN4O5/c15-11-5-9(1-3-12(11)24-8-14(20)21)6-17-18-13-4-2-10(7-16-13)19(22)23/h1-7H,8H2,(H,16,18)(H,20,21)/b17-6-. The number of hydrogen-bond donors (Lipinski definition) is 2. The number of aliphatic carboxylic acids is 1. The molecule has 2 aromatic rings. The van der Waals surface area contributed by atoms with E-state index in [-0.39, 0.29) is 16.5 Å². The molecule has 1 aromatic carbocycles. The van der Waals surface area contributed by atoms with Crippen molar-refractivity contribution in [3.8, 4) is 5.75 Å². The number of halogens is 1. The normalized spacial score (nSPS) is 10.5. The molecule has 1 heterocycles. The van der Waals surface area contributed by atoms with E-state index in [1.54, 1.807) is 12.1 Å². The summed E-state index contributed by atoms with van der Waals surface area (Å²) in [5.41, 5.74) is 3.14. The van der Waals surface area contributed by atoms with Crippen molar-refractivity contribution in [1.82, 2.24) is 4.98 Å². The molecule has 24 heavy (non-hydrogen) atoms. The number of benzene rings is 1. The number of ether oxygens (including phenoxy) is 1. The number of carboxylic acids is 1. The fourth-order valence-electron chi connectivity index (χ4n) is 1.59. The second-order valence-electron chi connectivity index (χ2n) is 4.40. The van der Waals surface area contributed by atoms with Crippen molar-refractivity contribution in [3.63, 3.8) is 0 Å². The van der Waals surface area contributed by atoms with Gasteiger partial charge in [-0.1, -0.05) is 11.6 Å². The Morgan fingerprint density at radius 1 is 1.46 bits per heavy atom. The lowest BCUT2D eigenvalue weighted by Gasteiger charge is -2.05. The molecule has 0 aliphatic carbocycles. The van der Waals surface area contributed by atoms with Gasteiger partial charge in [-0.3, -0.25) is 15.5 Å². The first-order valence-electron chi connectivity index (χ1n) is 6.49.